The van der Waals surface area contributed by atoms with Crippen LogP contribution in [0.4, 0.5) is 4.39 Å². The standard InChI is InChI=1S/C14H16FN3/c15-12-5-3-11(4-6-12)14-8-16-10-18(14)9-13-2-1-7-17-13/h3-6,8,10,13,17H,1-2,7,9H2. The molecule has 2 heterocycles. The Kier molecular flexibility index (Phi) is 3.11. The Morgan fingerprint density at radius 1 is 1.33 bits per heavy atom. The molecule has 3 nitrogen and oxygen atoms in total. The summed E-state index contributed by atoms with van der Waals surface area (Å²) in [5, 5.41) is 3.47. The van der Waals surface area contributed by atoms with Crippen molar-refractivity contribution >= 4 is 0 Å². The first-order valence-electron chi connectivity index (χ1n) is 6.32. The van der Waals surface area contributed by atoms with Gasteiger partial charge in [-0.05, 0) is 49.2 Å². The van der Waals surface area contributed by atoms with E-state index >= 15 is 0 Å². The zero-order valence-electron chi connectivity index (χ0n) is 10.1. The third-order valence-corrected chi connectivity index (χ3v) is 3.43. The molecular formula is C14H16FN3. The molecule has 1 aliphatic heterocycles. The van der Waals surface area contributed by atoms with Crippen molar-refractivity contribution in [2.24, 2.45) is 0 Å². The molecule has 0 amide bonds. The van der Waals surface area contributed by atoms with E-state index in [1.165, 1.54) is 25.0 Å². The van der Waals surface area contributed by atoms with E-state index in [0.29, 0.717) is 6.04 Å². The summed E-state index contributed by atoms with van der Waals surface area (Å²) in [7, 11) is 0. The van der Waals surface area contributed by atoms with Crippen LogP contribution in [-0.2, 0) is 6.54 Å². The molecule has 1 saturated heterocycles. The van der Waals surface area contributed by atoms with Gasteiger partial charge in [-0.1, -0.05) is 0 Å². The number of hydrogen-bond acceptors (Lipinski definition) is 2. The zero-order valence-corrected chi connectivity index (χ0v) is 10.1. The van der Waals surface area contributed by atoms with Gasteiger partial charge in [0, 0.05) is 12.6 Å². The molecule has 94 valence electrons. The molecule has 0 saturated carbocycles. The van der Waals surface area contributed by atoms with E-state index < -0.39 is 0 Å². The molecule has 0 aliphatic carbocycles. The number of nitrogens with zero attached hydrogens (tertiary/aromatic N) is 2. The third-order valence-electron chi connectivity index (χ3n) is 3.43. The Hall–Kier alpha value is -1.68. The zero-order chi connectivity index (χ0) is 12.4. The van der Waals surface area contributed by atoms with Crippen LogP contribution in [-0.4, -0.2) is 22.1 Å². The molecule has 18 heavy (non-hydrogen) atoms. The summed E-state index contributed by atoms with van der Waals surface area (Å²) >= 11 is 0. The minimum Gasteiger partial charge on any atom is -0.329 e. The summed E-state index contributed by atoms with van der Waals surface area (Å²) in [6.45, 7) is 2.03. The molecule has 1 aliphatic rings. The maximum absolute atomic E-state index is 12.9. The summed E-state index contributed by atoms with van der Waals surface area (Å²) in [5.74, 6) is -0.206. The van der Waals surface area contributed by atoms with Crippen molar-refractivity contribution < 1.29 is 4.39 Å². The minimum absolute atomic E-state index is 0.206. The summed E-state index contributed by atoms with van der Waals surface area (Å²) in [6.07, 6.45) is 6.13. The lowest BCUT2D eigenvalue weighted by Crippen LogP contribution is -2.26. The highest BCUT2D eigenvalue weighted by molar-refractivity contribution is 5.58. The van der Waals surface area contributed by atoms with Gasteiger partial charge in [0.1, 0.15) is 5.82 Å². The Labute approximate surface area is 106 Å². The Bertz CT molecular complexity index is 512. The van der Waals surface area contributed by atoms with Crippen LogP contribution in [0.15, 0.2) is 36.8 Å². The van der Waals surface area contributed by atoms with Gasteiger partial charge in [0.15, 0.2) is 0 Å². The molecule has 0 spiro atoms. The number of nitrogens with one attached hydrogen (secondary N) is 1. The van der Waals surface area contributed by atoms with Gasteiger partial charge < -0.3 is 9.88 Å². The molecule has 0 bridgehead atoms. The van der Waals surface area contributed by atoms with Gasteiger partial charge >= 0.3 is 0 Å². The summed E-state index contributed by atoms with van der Waals surface area (Å²) in [6, 6.07) is 7.09. The van der Waals surface area contributed by atoms with Gasteiger partial charge in [-0.3, -0.25) is 0 Å². The third kappa shape index (κ3) is 2.29. The van der Waals surface area contributed by atoms with E-state index in [4.69, 9.17) is 0 Å². The average Bonchev–Trinajstić information content (AvgIpc) is 3.02. The van der Waals surface area contributed by atoms with Crippen LogP contribution in [0.25, 0.3) is 11.3 Å². The highest BCUT2D eigenvalue weighted by Crippen LogP contribution is 2.20. The van der Waals surface area contributed by atoms with Gasteiger partial charge in [0.25, 0.3) is 0 Å². The van der Waals surface area contributed by atoms with Crippen LogP contribution in [0.5, 0.6) is 0 Å². The average molecular weight is 245 g/mol. The van der Waals surface area contributed by atoms with Crippen LogP contribution in [0.1, 0.15) is 12.8 Å². The fraction of sp³-hybridized carbons (Fsp3) is 0.357. The number of imidazole rings is 1. The molecule has 2 aromatic rings. The molecule has 1 aromatic carbocycles. The molecule has 1 unspecified atom stereocenters. The summed E-state index contributed by atoms with van der Waals surface area (Å²) in [5.41, 5.74) is 2.05. The van der Waals surface area contributed by atoms with Crippen molar-refractivity contribution in [1.82, 2.24) is 14.9 Å². The molecule has 1 atom stereocenters. The van der Waals surface area contributed by atoms with Crippen LogP contribution in [0.3, 0.4) is 0 Å². The van der Waals surface area contributed by atoms with E-state index in [1.807, 2.05) is 12.5 Å². The highest BCUT2D eigenvalue weighted by atomic mass is 19.1. The Morgan fingerprint density at radius 3 is 2.89 bits per heavy atom. The first-order valence-corrected chi connectivity index (χ1v) is 6.32. The van der Waals surface area contributed by atoms with Gasteiger partial charge in [0.2, 0.25) is 0 Å². The van der Waals surface area contributed by atoms with Crippen LogP contribution in [0, 0.1) is 5.82 Å². The maximum atomic E-state index is 12.9. The normalized spacial score (nSPS) is 19.3. The number of benzene rings is 1. The molecule has 0 radical (unpaired) electrons. The second-order valence-electron chi connectivity index (χ2n) is 4.73. The second-order valence-corrected chi connectivity index (χ2v) is 4.73. The van der Waals surface area contributed by atoms with E-state index in [0.717, 1.165) is 24.3 Å². The van der Waals surface area contributed by atoms with Crippen LogP contribution >= 0.6 is 0 Å². The summed E-state index contributed by atoms with van der Waals surface area (Å²) in [4.78, 5) is 4.20. The smallest absolute Gasteiger partial charge is 0.123 e. The van der Waals surface area contributed by atoms with Crippen molar-refractivity contribution in [2.75, 3.05) is 6.54 Å². The van der Waals surface area contributed by atoms with Gasteiger partial charge in [0.05, 0.1) is 18.2 Å². The number of halogens is 1. The van der Waals surface area contributed by atoms with Crippen LogP contribution in [0.2, 0.25) is 0 Å². The van der Waals surface area contributed by atoms with Crippen LogP contribution < -0.4 is 5.32 Å². The van der Waals surface area contributed by atoms with E-state index in [2.05, 4.69) is 14.9 Å². The maximum Gasteiger partial charge on any atom is 0.123 e. The Balaban J connectivity index is 1.84. The monoisotopic (exact) mass is 245 g/mol. The first kappa shape index (κ1) is 11.4. The van der Waals surface area contributed by atoms with Crippen molar-refractivity contribution in [3.63, 3.8) is 0 Å². The van der Waals surface area contributed by atoms with Crippen molar-refractivity contribution in [2.45, 2.75) is 25.4 Å². The van der Waals surface area contributed by atoms with Crippen molar-refractivity contribution in [3.05, 3.63) is 42.6 Å². The molecule has 1 fully saturated rings. The van der Waals surface area contributed by atoms with Gasteiger partial charge in [-0.15, -0.1) is 0 Å². The van der Waals surface area contributed by atoms with Gasteiger partial charge in [-0.2, -0.15) is 0 Å². The first-order chi connectivity index (χ1) is 8.83. The number of aromatic nitrogens is 2. The predicted molar refractivity (Wildman–Crippen MR) is 68.6 cm³/mol. The molecular weight excluding hydrogens is 229 g/mol. The largest absolute Gasteiger partial charge is 0.329 e. The molecule has 3 rings (SSSR count). The van der Waals surface area contributed by atoms with E-state index in [9.17, 15) is 4.39 Å². The lowest BCUT2D eigenvalue weighted by Gasteiger charge is -2.13. The molecule has 1 aromatic heterocycles. The Morgan fingerprint density at radius 2 is 2.17 bits per heavy atom. The second kappa shape index (κ2) is 4.90. The quantitative estimate of drug-likeness (QED) is 0.900. The fourth-order valence-electron chi connectivity index (χ4n) is 2.48. The fourth-order valence-corrected chi connectivity index (χ4v) is 2.48. The summed E-state index contributed by atoms with van der Waals surface area (Å²) < 4.78 is 15.1. The lowest BCUT2D eigenvalue weighted by atomic mass is 10.1. The minimum atomic E-state index is -0.206. The van der Waals surface area contributed by atoms with Gasteiger partial charge in [-0.25, -0.2) is 9.37 Å². The predicted octanol–water partition coefficient (Wildman–Crippen LogP) is 2.44. The number of rotatable bonds is 3. The lowest BCUT2D eigenvalue weighted by molar-refractivity contribution is 0.511. The number of hydrogen-bond donors (Lipinski definition) is 1. The van der Waals surface area contributed by atoms with Crippen molar-refractivity contribution in [1.29, 1.82) is 0 Å². The highest BCUT2D eigenvalue weighted by Gasteiger charge is 2.16. The molecule has 1 N–H and O–H groups in total. The van der Waals surface area contributed by atoms with E-state index in [-0.39, 0.29) is 5.82 Å². The SMILES string of the molecule is Fc1ccc(-c2cncn2CC2CCCN2)cc1. The molecule has 4 heteroatoms. The van der Waals surface area contributed by atoms with Crippen molar-refractivity contribution in [3.8, 4) is 11.3 Å². The van der Waals surface area contributed by atoms with E-state index in [1.54, 1.807) is 12.1 Å². The topological polar surface area (TPSA) is 29.9 Å².